The molecule has 1 saturated heterocycles. The lowest BCUT2D eigenvalue weighted by atomic mass is 10.0. The van der Waals surface area contributed by atoms with Gasteiger partial charge in [-0.05, 0) is 42.3 Å². The second-order valence-electron chi connectivity index (χ2n) is 7.43. The van der Waals surface area contributed by atoms with Crippen LogP contribution in [0.3, 0.4) is 0 Å². The minimum absolute atomic E-state index is 0.0463. The van der Waals surface area contributed by atoms with Gasteiger partial charge in [0.15, 0.2) is 11.6 Å². The Balaban J connectivity index is 1.53. The van der Waals surface area contributed by atoms with E-state index in [2.05, 4.69) is 0 Å². The average Bonchev–Trinajstić information content (AvgIpc) is 2.75. The van der Waals surface area contributed by atoms with E-state index in [9.17, 15) is 22.8 Å². The van der Waals surface area contributed by atoms with Gasteiger partial charge in [-0.25, -0.2) is 13.2 Å². The number of amides is 2. The van der Waals surface area contributed by atoms with E-state index in [1.54, 1.807) is 9.80 Å². The smallest absolute Gasteiger partial charge is 0.257 e. The van der Waals surface area contributed by atoms with Crippen molar-refractivity contribution < 1.29 is 27.5 Å². The molecule has 2 aromatic rings. The summed E-state index contributed by atoms with van der Waals surface area (Å²) in [6, 6.07) is 6.75. The van der Waals surface area contributed by atoms with Crippen LogP contribution in [0, 0.1) is 17.5 Å². The van der Waals surface area contributed by atoms with Crippen molar-refractivity contribution >= 4 is 11.8 Å². The third-order valence-electron chi connectivity index (χ3n) is 5.23. The molecule has 2 amide bonds. The molecule has 0 spiro atoms. The fourth-order valence-electron chi connectivity index (χ4n) is 3.57. The molecule has 0 unspecified atom stereocenters. The number of hydrogen-bond acceptors (Lipinski definition) is 4. The van der Waals surface area contributed by atoms with Gasteiger partial charge in [0, 0.05) is 38.6 Å². The van der Waals surface area contributed by atoms with Gasteiger partial charge >= 0.3 is 0 Å². The molecule has 1 heterocycles. The van der Waals surface area contributed by atoms with E-state index in [0.29, 0.717) is 31.7 Å². The highest BCUT2D eigenvalue weighted by Gasteiger charge is 2.27. The number of ether oxygens (including phenoxy) is 1. The van der Waals surface area contributed by atoms with Crippen molar-refractivity contribution in [2.24, 2.45) is 5.73 Å². The summed E-state index contributed by atoms with van der Waals surface area (Å²) in [6.07, 6.45) is 0.283. The van der Waals surface area contributed by atoms with Gasteiger partial charge in [0.2, 0.25) is 5.91 Å². The number of piperazine rings is 1. The van der Waals surface area contributed by atoms with Crippen LogP contribution in [0.4, 0.5) is 13.2 Å². The Morgan fingerprint density at radius 3 is 2.32 bits per heavy atom. The maximum Gasteiger partial charge on any atom is 0.257 e. The summed E-state index contributed by atoms with van der Waals surface area (Å²) in [4.78, 5) is 28.4. The molecule has 0 saturated carbocycles. The summed E-state index contributed by atoms with van der Waals surface area (Å²) in [7, 11) is 1.41. The van der Waals surface area contributed by atoms with Crippen molar-refractivity contribution in [3.8, 4) is 5.75 Å². The molecule has 166 valence electrons. The van der Waals surface area contributed by atoms with Gasteiger partial charge in [-0.1, -0.05) is 6.07 Å². The summed E-state index contributed by atoms with van der Waals surface area (Å²) in [5.74, 6) is -2.67. The van der Waals surface area contributed by atoms with E-state index < -0.39 is 23.5 Å². The van der Waals surface area contributed by atoms with E-state index >= 15 is 0 Å². The van der Waals surface area contributed by atoms with Crippen molar-refractivity contribution in [1.82, 2.24) is 9.80 Å². The second-order valence-corrected chi connectivity index (χ2v) is 7.43. The summed E-state index contributed by atoms with van der Waals surface area (Å²) >= 11 is 0. The minimum atomic E-state index is -0.952. The number of nitrogens with zero attached hydrogens (tertiary/aromatic N) is 2. The fourth-order valence-corrected chi connectivity index (χ4v) is 3.57. The number of benzene rings is 2. The molecule has 3 rings (SSSR count). The number of hydrogen-bond donors (Lipinski definition) is 1. The van der Waals surface area contributed by atoms with Crippen molar-refractivity contribution in [2.75, 3.05) is 33.3 Å². The molecule has 31 heavy (non-hydrogen) atoms. The molecule has 0 aromatic heterocycles. The van der Waals surface area contributed by atoms with Crippen molar-refractivity contribution in [3.63, 3.8) is 0 Å². The zero-order chi connectivity index (χ0) is 22.5. The van der Waals surface area contributed by atoms with Crippen LogP contribution in [0.15, 0.2) is 36.4 Å². The lowest BCUT2D eigenvalue weighted by Gasteiger charge is -2.35. The van der Waals surface area contributed by atoms with Crippen LogP contribution in [0.2, 0.25) is 0 Å². The van der Waals surface area contributed by atoms with Gasteiger partial charge < -0.3 is 20.3 Å². The van der Waals surface area contributed by atoms with Crippen molar-refractivity contribution in [2.45, 2.75) is 18.9 Å². The Morgan fingerprint density at radius 2 is 1.68 bits per heavy atom. The van der Waals surface area contributed by atoms with Crippen LogP contribution in [-0.4, -0.2) is 60.9 Å². The molecule has 0 aliphatic carbocycles. The van der Waals surface area contributed by atoms with Gasteiger partial charge in [0.05, 0.1) is 12.7 Å². The molecule has 1 aliphatic heterocycles. The third kappa shape index (κ3) is 5.55. The van der Waals surface area contributed by atoms with Crippen LogP contribution in [0.1, 0.15) is 22.3 Å². The topological polar surface area (TPSA) is 75.9 Å². The second kappa shape index (κ2) is 9.82. The molecular weight excluding hydrogens is 411 g/mol. The molecule has 1 atom stereocenters. The first-order valence-electron chi connectivity index (χ1n) is 9.88. The van der Waals surface area contributed by atoms with E-state index in [-0.39, 0.29) is 36.0 Å². The Morgan fingerprint density at radius 1 is 1.00 bits per heavy atom. The normalized spacial score (nSPS) is 15.0. The van der Waals surface area contributed by atoms with Crippen LogP contribution in [-0.2, 0) is 11.2 Å². The van der Waals surface area contributed by atoms with Gasteiger partial charge in [-0.2, -0.15) is 0 Å². The van der Waals surface area contributed by atoms with Crippen LogP contribution < -0.4 is 10.5 Å². The zero-order valence-corrected chi connectivity index (χ0v) is 17.1. The van der Waals surface area contributed by atoms with Crippen LogP contribution >= 0.6 is 0 Å². The van der Waals surface area contributed by atoms with E-state index in [4.69, 9.17) is 10.5 Å². The fraction of sp³-hybridized carbons (Fsp3) is 0.364. The average molecular weight is 435 g/mol. The SMILES string of the molecule is COc1ccc(F)cc1C(=O)N1CCN(C(=O)C[C@H](N)Cc2ccc(F)c(F)c2)CC1. The largest absolute Gasteiger partial charge is 0.496 e. The zero-order valence-electron chi connectivity index (χ0n) is 17.1. The van der Waals surface area contributed by atoms with Crippen molar-refractivity contribution in [1.29, 1.82) is 0 Å². The van der Waals surface area contributed by atoms with Gasteiger partial charge in [-0.3, -0.25) is 9.59 Å². The number of nitrogens with two attached hydrogens (primary N) is 1. The number of methoxy groups -OCH3 is 1. The molecule has 9 heteroatoms. The summed E-state index contributed by atoms with van der Waals surface area (Å²) in [5, 5.41) is 0. The Kier molecular flexibility index (Phi) is 7.17. The number of carbonyl (C=O) groups excluding carboxylic acids is 2. The van der Waals surface area contributed by atoms with E-state index in [0.717, 1.165) is 18.2 Å². The Labute approximate surface area is 178 Å². The quantitative estimate of drug-likeness (QED) is 0.756. The molecule has 2 N–H and O–H groups in total. The lowest BCUT2D eigenvalue weighted by Crippen LogP contribution is -2.51. The first-order valence-corrected chi connectivity index (χ1v) is 9.88. The molecule has 6 nitrogen and oxygen atoms in total. The molecule has 0 radical (unpaired) electrons. The van der Waals surface area contributed by atoms with E-state index in [1.165, 1.54) is 25.3 Å². The highest BCUT2D eigenvalue weighted by atomic mass is 19.2. The summed E-state index contributed by atoms with van der Waals surface area (Å²) < 4.78 is 45.1. The molecular formula is C22H24F3N3O3. The maximum atomic E-state index is 13.6. The summed E-state index contributed by atoms with van der Waals surface area (Å²) in [6.45, 7) is 1.23. The van der Waals surface area contributed by atoms with Gasteiger partial charge in [0.1, 0.15) is 11.6 Å². The first-order chi connectivity index (χ1) is 14.8. The molecule has 1 fully saturated rings. The maximum absolute atomic E-state index is 13.6. The summed E-state index contributed by atoms with van der Waals surface area (Å²) in [5.41, 5.74) is 6.67. The predicted molar refractivity (Wildman–Crippen MR) is 108 cm³/mol. The number of carbonyl (C=O) groups is 2. The molecule has 0 bridgehead atoms. The van der Waals surface area contributed by atoms with E-state index in [1.807, 2.05) is 0 Å². The Bertz CT molecular complexity index is 962. The van der Waals surface area contributed by atoms with Gasteiger partial charge in [0.25, 0.3) is 5.91 Å². The van der Waals surface area contributed by atoms with Crippen molar-refractivity contribution in [3.05, 3.63) is 65.0 Å². The van der Waals surface area contributed by atoms with Gasteiger partial charge in [-0.15, -0.1) is 0 Å². The highest BCUT2D eigenvalue weighted by Crippen LogP contribution is 2.22. The monoisotopic (exact) mass is 435 g/mol. The molecule has 1 aliphatic rings. The number of halogens is 3. The van der Waals surface area contributed by atoms with Crippen LogP contribution in [0.25, 0.3) is 0 Å². The predicted octanol–water partition coefficient (Wildman–Crippen LogP) is 2.36. The Hall–Kier alpha value is -3.07. The molecule has 2 aromatic carbocycles. The van der Waals surface area contributed by atoms with Crippen LogP contribution in [0.5, 0.6) is 5.75 Å². The third-order valence-corrected chi connectivity index (χ3v) is 5.23. The standard InChI is InChI=1S/C22H24F3N3O3/c1-31-20-5-3-15(23)12-17(20)22(30)28-8-6-27(7-9-28)21(29)13-16(26)10-14-2-4-18(24)19(25)11-14/h2-5,11-12,16H,6-10,13,26H2,1H3/t16-/m1/s1. The number of rotatable bonds is 6. The minimum Gasteiger partial charge on any atom is -0.496 e. The first kappa shape index (κ1) is 22.6. The lowest BCUT2D eigenvalue weighted by molar-refractivity contribution is -0.133. The highest BCUT2D eigenvalue weighted by molar-refractivity contribution is 5.97.